The lowest BCUT2D eigenvalue weighted by Crippen LogP contribution is -2.17. The van der Waals surface area contributed by atoms with E-state index in [1.807, 2.05) is 0 Å². The van der Waals surface area contributed by atoms with Gasteiger partial charge in [-0.25, -0.2) is 4.98 Å². The maximum absolute atomic E-state index is 5.62. The molecule has 12 aromatic rings. The smallest absolute Gasteiger partial charge is 0.238 e. The minimum Gasteiger partial charge on any atom is -0.309 e. The lowest BCUT2D eigenvalue weighted by atomic mass is 9.81. The second kappa shape index (κ2) is 14.3. The minimum atomic E-state index is -0.281. The summed E-state index contributed by atoms with van der Waals surface area (Å²) in [4.78, 5) is 16.7. The van der Waals surface area contributed by atoms with Crippen molar-refractivity contribution in [1.82, 2.24) is 24.1 Å². The van der Waals surface area contributed by atoms with E-state index in [9.17, 15) is 0 Å². The average molecular weight is 832 g/mol. The van der Waals surface area contributed by atoms with E-state index in [0.717, 1.165) is 60.8 Å². The third-order valence-electron chi connectivity index (χ3n) is 13.6. The van der Waals surface area contributed by atoms with Crippen LogP contribution in [0.4, 0.5) is 0 Å². The fourth-order valence-electron chi connectivity index (χ4n) is 10.7. The molecule has 5 heteroatoms. The molecule has 1 aliphatic carbocycles. The molecule has 0 unspecified atom stereocenters. The van der Waals surface area contributed by atoms with E-state index in [1.54, 1.807) is 0 Å². The Balaban J connectivity index is 1.12. The third-order valence-corrected chi connectivity index (χ3v) is 13.6. The van der Waals surface area contributed by atoms with E-state index in [1.165, 1.54) is 44.2 Å². The average Bonchev–Trinajstić information content (AvgIpc) is 3.97. The summed E-state index contributed by atoms with van der Waals surface area (Å²) in [6, 6.07) is 75.8. The van der Waals surface area contributed by atoms with Gasteiger partial charge in [-0.2, -0.15) is 9.97 Å². The first kappa shape index (κ1) is 37.2. The lowest BCUT2D eigenvalue weighted by Gasteiger charge is -2.23. The van der Waals surface area contributed by atoms with Gasteiger partial charge in [-0.1, -0.05) is 196 Å². The topological polar surface area (TPSA) is 48.5 Å². The van der Waals surface area contributed by atoms with Gasteiger partial charge < -0.3 is 4.57 Å². The Morgan fingerprint density at radius 1 is 0.338 bits per heavy atom. The highest BCUT2D eigenvalue weighted by atomic mass is 15.2. The molecule has 1 aliphatic rings. The van der Waals surface area contributed by atoms with Crippen molar-refractivity contribution in [3.05, 3.63) is 223 Å². The summed E-state index contributed by atoms with van der Waals surface area (Å²) < 4.78 is 4.68. The Labute approximate surface area is 376 Å². The van der Waals surface area contributed by atoms with Crippen LogP contribution in [0.3, 0.4) is 0 Å². The second-order valence-corrected chi connectivity index (χ2v) is 17.6. The highest BCUT2D eigenvalue weighted by Gasteiger charge is 2.39. The van der Waals surface area contributed by atoms with Crippen molar-refractivity contribution in [1.29, 1.82) is 0 Å². The third kappa shape index (κ3) is 5.62. The van der Waals surface area contributed by atoms with Crippen LogP contribution in [-0.4, -0.2) is 24.1 Å². The molecular weight excluding hydrogens is 791 g/mol. The van der Waals surface area contributed by atoms with Crippen LogP contribution in [-0.2, 0) is 5.41 Å². The van der Waals surface area contributed by atoms with Crippen LogP contribution < -0.4 is 0 Å². The van der Waals surface area contributed by atoms with Crippen LogP contribution in [0.2, 0.25) is 0 Å². The number of hydrogen-bond donors (Lipinski definition) is 0. The largest absolute Gasteiger partial charge is 0.309 e. The van der Waals surface area contributed by atoms with Gasteiger partial charge in [0.05, 0.1) is 22.1 Å². The van der Waals surface area contributed by atoms with Crippen molar-refractivity contribution in [2.24, 2.45) is 0 Å². The van der Waals surface area contributed by atoms with Crippen molar-refractivity contribution in [3.8, 4) is 67.8 Å². The standard InChI is InChI=1S/C60H41N5/c1-60(2)51-29-14-11-23-43(51)46-36-37-48-45-25-13-16-31-53(45)65(56(48)54(46)60)59-62-57(49-26-10-9-22-42(49)40-34-32-39(33-35-40)38-18-5-3-6-19-38)61-58(63-59)50-28-17-27-47-44-24-12-15-30-52(44)64(55(47)50)41-20-7-4-8-21-41/h3-37H,1-2H3. The van der Waals surface area contributed by atoms with Crippen LogP contribution >= 0.6 is 0 Å². The molecule has 0 amide bonds. The molecule has 306 valence electrons. The molecule has 3 heterocycles. The van der Waals surface area contributed by atoms with E-state index in [2.05, 4.69) is 235 Å². The number of fused-ring (bicyclic) bond motifs is 10. The Bertz CT molecular complexity index is 3840. The molecule has 65 heavy (non-hydrogen) atoms. The van der Waals surface area contributed by atoms with Crippen molar-refractivity contribution in [2.45, 2.75) is 19.3 Å². The van der Waals surface area contributed by atoms with Gasteiger partial charge in [-0.3, -0.25) is 4.57 Å². The Morgan fingerprint density at radius 2 is 0.862 bits per heavy atom. The molecular formula is C60H41N5. The minimum absolute atomic E-state index is 0.281. The van der Waals surface area contributed by atoms with Crippen LogP contribution in [0, 0.1) is 0 Å². The zero-order valence-corrected chi connectivity index (χ0v) is 35.9. The van der Waals surface area contributed by atoms with Gasteiger partial charge in [0, 0.05) is 43.8 Å². The number of rotatable bonds is 6. The van der Waals surface area contributed by atoms with Crippen LogP contribution in [0.5, 0.6) is 0 Å². The lowest BCUT2D eigenvalue weighted by molar-refractivity contribution is 0.663. The number of para-hydroxylation sites is 4. The van der Waals surface area contributed by atoms with Crippen LogP contribution in [0.25, 0.3) is 111 Å². The summed E-state index contributed by atoms with van der Waals surface area (Å²) in [7, 11) is 0. The molecule has 0 radical (unpaired) electrons. The van der Waals surface area contributed by atoms with Crippen molar-refractivity contribution < 1.29 is 0 Å². The Kier molecular flexibility index (Phi) is 8.18. The quantitative estimate of drug-likeness (QED) is 0.168. The van der Waals surface area contributed by atoms with Gasteiger partial charge in [0.25, 0.3) is 0 Å². The van der Waals surface area contributed by atoms with E-state index in [0.29, 0.717) is 17.6 Å². The van der Waals surface area contributed by atoms with Gasteiger partial charge in [-0.05, 0) is 74.8 Å². The highest BCUT2D eigenvalue weighted by molar-refractivity contribution is 6.14. The molecule has 0 atom stereocenters. The first-order valence-electron chi connectivity index (χ1n) is 22.3. The molecule has 0 saturated carbocycles. The molecule has 0 N–H and O–H groups in total. The first-order chi connectivity index (χ1) is 32.0. The van der Waals surface area contributed by atoms with Gasteiger partial charge >= 0.3 is 0 Å². The van der Waals surface area contributed by atoms with Gasteiger partial charge in [-0.15, -0.1) is 0 Å². The van der Waals surface area contributed by atoms with Crippen molar-refractivity contribution >= 4 is 43.6 Å². The van der Waals surface area contributed by atoms with E-state index in [-0.39, 0.29) is 5.41 Å². The molecule has 5 nitrogen and oxygen atoms in total. The van der Waals surface area contributed by atoms with E-state index >= 15 is 0 Å². The molecule has 0 fully saturated rings. The van der Waals surface area contributed by atoms with E-state index < -0.39 is 0 Å². The molecule has 0 aliphatic heterocycles. The fourth-order valence-corrected chi connectivity index (χ4v) is 10.7. The SMILES string of the molecule is CC1(C)c2ccccc2-c2ccc3c4ccccc4n(-c4nc(-c5ccccc5-c5ccc(-c6ccccc6)cc5)nc(-c5cccc6c7ccccc7n(-c7ccccc7)c56)n4)c3c21. The normalized spacial score (nSPS) is 12.9. The number of aromatic nitrogens is 5. The summed E-state index contributed by atoms with van der Waals surface area (Å²) in [6.07, 6.45) is 0. The maximum atomic E-state index is 5.62. The van der Waals surface area contributed by atoms with E-state index in [4.69, 9.17) is 15.0 Å². The molecule has 9 aromatic carbocycles. The fraction of sp³-hybridized carbons (Fsp3) is 0.0500. The zero-order valence-electron chi connectivity index (χ0n) is 35.9. The van der Waals surface area contributed by atoms with Crippen molar-refractivity contribution in [2.75, 3.05) is 0 Å². The first-order valence-corrected chi connectivity index (χ1v) is 22.3. The number of nitrogens with zero attached hydrogens (tertiary/aromatic N) is 5. The van der Waals surface area contributed by atoms with Crippen LogP contribution in [0.1, 0.15) is 25.0 Å². The summed E-state index contributed by atoms with van der Waals surface area (Å²) in [5.41, 5.74) is 16.6. The maximum Gasteiger partial charge on any atom is 0.238 e. The molecule has 0 bridgehead atoms. The Morgan fingerprint density at radius 3 is 1.60 bits per heavy atom. The summed E-state index contributed by atoms with van der Waals surface area (Å²) in [5, 5.41) is 4.64. The summed E-state index contributed by atoms with van der Waals surface area (Å²) >= 11 is 0. The molecule has 0 saturated heterocycles. The monoisotopic (exact) mass is 831 g/mol. The predicted molar refractivity (Wildman–Crippen MR) is 268 cm³/mol. The van der Waals surface area contributed by atoms with Gasteiger partial charge in [0.1, 0.15) is 0 Å². The number of hydrogen-bond acceptors (Lipinski definition) is 3. The van der Waals surface area contributed by atoms with Crippen molar-refractivity contribution in [3.63, 3.8) is 0 Å². The zero-order chi connectivity index (χ0) is 43.2. The van der Waals surface area contributed by atoms with Crippen LogP contribution in [0.15, 0.2) is 212 Å². The summed E-state index contributed by atoms with van der Waals surface area (Å²) in [5.74, 6) is 1.78. The molecule has 13 rings (SSSR count). The summed E-state index contributed by atoms with van der Waals surface area (Å²) in [6.45, 7) is 4.71. The molecule has 3 aromatic heterocycles. The Hall–Kier alpha value is -8.41. The second-order valence-electron chi connectivity index (χ2n) is 17.6. The van der Waals surface area contributed by atoms with Gasteiger partial charge in [0.2, 0.25) is 5.95 Å². The predicted octanol–water partition coefficient (Wildman–Crippen LogP) is 15.0. The number of benzene rings is 9. The highest BCUT2D eigenvalue weighted by Crippen LogP contribution is 2.53. The molecule has 0 spiro atoms. The van der Waals surface area contributed by atoms with Gasteiger partial charge in [0.15, 0.2) is 11.6 Å².